The zero-order valence-electron chi connectivity index (χ0n) is 20.2. The predicted molar refractivity (Wildman–Crippen MR) is 134 cm³/mol. The Morgan fingerprint density at radius 2 is 1.94 bits per heavy atom. The summed E-state index contributed by atoms with van der Waals surface area (Å²) in [6, 6.07) is 7.69. The third kappa shape index (κ3) is 5.09. The standard InChI is InChI=1S/C25H27N9O2/c1-17-12-18(4-5-20(17)36-2)13-29-23-19(24(35)30-15-21-26-6-3-7-27-21)14-31-25(32-23)34-11-10-33-9-8-28-22(33)16-34/h3-9,12,14H,10-11,13,15-16H2,1-2H3,(H,30,35)(H,29,31,32). The third-order valence-electron chi connectivity index (χ3n) is 5.99. The first-order chi connectivity index (χ1) is 17.6. The second kappa shape index (κ2) is 10.4. The van der Waals surface area contributed by atoms with Crippen LogP contribution in [0.4, 0.5) is 11.8 Å². The highest BCUT2D eigenvalue weighted by Gasteiger charge is 2.22. The van der Waals surface area contributed by atoms with Gasteiger partial charge in [-0.05, 0) is 30.2 Å². The van der Waals surface area contributed by atoms with Crippen molar-refractivity contribution in [2.24, 2.45) is 0 Å². The molecule has 0 aliphatic carbocycles. The van der Waals surface area contributed by atoms with Gasteiger partial charge in [-0.25, -0.2) is 19.9 Å². The number of benzene rings is 1. The van der Waals surface area contributed by atoms with E-state index < -0.39 is 0 Å². The minimum absolute atomic E-state index is 0.202. The van der Waals surface area contributed by atoms with E-state index in [1.807, 2.05) is 31.3 Å². The summed E-state index contributed by atoms with van der Waals surface area (Å²) in [6.07, 6.45) is 8.61. The lowest BCUT2D eigenvalue weighted by Gasteiger charge is -2.28. The van der Waals surface area contributed by atoms with Gasteiger partial charge < -0.3 is 24.8 Å². The number of methoxy groups -OCH3 is 1. The third-order valence-corrected chi connectivity index (χ3v) is 5.99. The quantitative estimate of drug-likeness (QED) is 0.387. The molecule has 4 heterocycles. The van der Waals surface area contributed by atoms with Crippen molar-refractivity contribution in [2.75, 3.05) is 23.9 Å². The molecule has 1 aromatic carbocycles. The predicted octanol–water partition coefficient (Wildman–Crippen LogP) is 2.34. The van der Waals surface area contributed by atoms with Gasteiger partial charge in [-0.1, -0.05) is 12.1 Å². The molecule has 36 heavy (non-hydrogen) atoms. The Morgan fingerprint density at radius 1 is 1.08 bits per heavy atom. The largest absolute Gasteiger partial charge is 0.496 e. The summed E-state index contributed by atoms with van der Waals surface area (Å²) in [7, 11) is 1.65. The molecule has 0 fully saturated rings. The number of aryl methyl sites for hydroxylation is 1. The van der Waals surface area contributed by atoms with Gasteiger partial charge in [0.15, 0.2) is 0 Å². The normalized spacial score (nSPS) is 12.7. The van der Waals surface area contributed by atoms with Crippen LogP contribution in [0, 0.1) is 6.92 Å². The van der Waals surface area contributed by atoms with Crippen molar-refractivity contribution in [2.45, 2.75) is 33.1 Å². The Bertz CT molecular complexity index is 1360. The van der Waals surface area contributed by atoms with Crippen LogP contribution in [0.2, 0.25) is 0 Å². The van der Waals surface area contributed by atoms with E-state index >= 15 is 0 Å². The minimum atomic E-state index is -0.309. The molecule has 184 valence electrons. The lowest BCUT2D eigenvalue weighted by atomic mass is 10.1. The van der Waals surface area contributed by atoms with Crippen LogP contribution in [-0.2, 0) is 26.2 Å². The van der Waals surface area contributed by atoms with Crippen LogP contribution >= 0.6 is 0 Å². The first-order valence-corrected chi connectivity index (χ1v) is 11.6. The summed E-state index contributed by atoms with van der Waals surface area (Å²) < 4.78 is 7.48. The summed E-state index contributed by atoms with van der Waals surface area (Å²) in [5.41, 5.74) is 2.42. The van der Waals surface area contributed by atoms with Gasteiger partial charge in [-0.15, -0.1) is 0 Å². The number of imidazole rings is 1. The Balaban J connectivity index is 1.38. The molecule has 0 radical (unpaired) electrons. The van der Waals surface area contributed by atoms with Crippen LogP contribution in [0.3, 0.4) is 0 Å². The van der Waals surface area contributed by atoms with Crippen LogP contribution in [0.15, 0.2) is 55.2 Å². The topological polar surface area (TPSA) is 123 Å². The number of anilines is 2. The lowest BCUT2D eigenvalue weighted by molar-refractivity contribution is 0.0950. The van der Waals surface area contributed by atoms with E-state index in [1.165, 1.54) is 0 Å². The van der Waals surface area contributed by atoms with Crippen molar-refractivity contribution in [3.8, 4) is 5.75 Å². The van der Waals surface area contributed by atoms with Crippen LogP contribution in [0.1, 0.15) is 33.1 Å². The molecule has 0 atom stereocenters. The molecular formula is C25H27N9O2. The van der Waals surface area contributed by atoms with Crippen molar-refractivity contribution in [3.05, 3.63) is 83.6 Å². The van der Waals surface area contributed by atoms with Crippen LogP contribution in [0.5, 0.6) is 5.75 Å². The molecule has 0 unspecified atom stereocenters. The maximum absolute atomic E-state index is 13.1. The summed E-state index contributed by atoms with van der Waals surface area (Å²) >= 11 is 0. The second-order valence-electron chi connectivity index (χ2n) is 8.40. The molecule has 0 saturated heterocycles. The Labute approximate surface area is 208 Å². The molecule has 2 N–H and O–H groups in total. The van der Waals surface area contributed by atoms with Gasteiger partial charge in [0.05, 0.1) is 20.2 Å². The summed E-state index contributed by atoms with van der Waals surface area (Å²) in [5.74, 6) is 2.99. The van der Waals surface area contributed by atoms with Gasteiger partial charge in [0.1, 0.15) is 28.8 Å². The number of amides is 1. The molecule has 3 aromatic heterocycles. The summed E-state index contributed by atoms with van der Waals surface area (Å²) in [6.45, 7) is 4.82. The van der Waals surface area contributed by atoms with E-state index in [2.05, 4.69) is 40.0 Å². The fourth-order valence-corrected chi connectivity index (χ4v) is 4.08. The SMILES string of the molecule is COc1ccc(CNc2nc(N3CCn4ccnc4C3)ncc2C(=O)NCc2ncccn2)cc1C. The second-order valence-corrected chi connectivity index (χ2v) is 8.40. The molecule has 5 rings (SSSR count). The fourth-order valence-electron chi connectivity index (χ4n) is 4.08. The van der Waals surface area contributed by atoms with Crippen molar-refractivity contribution in [3.63, 3.8) is 0 Å². The first kappa shape index (κ1) is 23.2. The molecule has 4 aromatic rings. The molecule has 0 saturated carbocycles. The van der Waals surface area contributed by atoms with E-state index in [0.29, 0.717) is 36.2 Å². The van der Waals surface area contributed by atoms with Gasteiger partial charge in [-0.2, -0.15) is 4.98 Å². The van der Waals surface area contributed by atoms with E-state index in [4.69, 9.17) is 9.72 Å². The van der Waals surface area contributed by atoms with Crippen LogP contribution in [-0.4, -0.2) is 49.0 Å². The highest BCUT2D eigenvalue weighted by Crippen LogP contribution is 2.23. The van der Waals surface area contributed by atoms with Gasteiger partial charge >= 0.3 is 0 Å². The van der Waals surface area contributed by atoms with Crippen molar-refractivity contribution < 1.29 is 9.53 Å². The van der Waals surface area contributed by atoms with Gasteiger partial charge in [0, 0.05) is 50.6 Å². The number of aromatic nitrogens is 6. The molecular weight excluding hydrogens is 458 g/mol. The van der Waals surface area contributed by atoms with E-state index in [9.17, 15) is 4.79 Å². The minimum Gasteiger partial charge on any atom is -0.496 e. The monoisotopic (exact) mass is 485 g/mol. The molecule has 11 heteroatoms. The van der Waals surface area contributed by atoms with E-state index in [0.717, 1.165) is 35.8 Å². The van der Waals surface area contributed by atoms with Crippen molar-refractivity contribution in [1.82, 2.24) is 34.8 Å². The maximum atomic E-state index is 13.1. The fraction of sp³-hybridized carbons (Fsp3) is 0.280. The number of fused-ring (bicyclic) bond motifs is 1. The zero-order chi connectivity index (χ0) is 24.9. The average molecular weight is 486 g/mol. The summed E-state index contributed by atoms with van der Waals surface area (Å²) in [5, 5.41) is 6.19. The van der Waals surface area contributed by atoms with Crippen molar-refractivity contribution in [1.29, 1.82) is 0 Å². The van der Waals surface area contributed by atoms with Gasteiger partial charge in [0.2, 0.25) is 5.95 Å². The lowest BCUT2D eigenvalue weighted by Crippen LogP contribution is -2.35. The van der Waals surface area contributed by atoms with E-state index in [1.54, 1.807) is 38.0 Å². The Kier molecular flexibility index (Phi) is 6.69. The highest BCUT2D eigenvalue weighted by molar-refractivity contribution is 5.98. The molecule has 1 aliphatic heterocycles. The zero-order valence-corrected chi connectivity index (χ0v) is 20.2. The average Bonchev–Trinajstić information content (AvgIpc) is 3.39. The molecule has 1 aliphatic rings. The number of hydrogen-bond acceptors (Lipinski definition) is 9. The Morgan fingerprint density at radius 3 is 2.75 bits per heavy atom. The number of ether oxygens (including phenoxy) is 1. The molecule has 0 spiro atoms. The Hall–Kier alpha value is -4.54. The first-order valence-electron chi connectivity index (χ1n) is 11.6. The number of nitrogens with zero attached hydrogens (tertiary/aromatic N) is 7. The number of carbonyl (C=O) groups excluding carboxylic acids is 1. The summed E-state index contributed by atoms with van der Waals surface area (Å²) in [4.78, 5) is 37.1. The van der Waals surface area contributed by atoms with Crippen molar-refractivity contribution >= 4 is 17.7 Å². The van der Waals surface area contributed by atoms with Gasteiger partial charge in [0.25, 0.3) is 5.91 Å². The molecule has 11 nitrogen and oxygen atoms in total. The number of rotatable bonds is 8. The number of hydrogen-bond donors (Lipinski definition) is 2. The smallest absolute Gasteiger partial charge is 0.256 e. The maximum Gasteiger partial charge on any atom is 0.256 e. The van der Waals surface area contributed by atoms with E-state index in [-0.39, 0.29) is 12.5 Å². The van der Waals surface area contributed by atoms with Crippen LogP contribution < -0.4 is 20.3 Å². The number of nitrogens with one attached hydrogen (secondary N) is 2. The number of carbonyl (C=O) groups is 1. The highest BCUT2D eigenvalue weighted by atomic mass is 16.5. The van der Waals surface area contributed by atoms with Crippen LogP contribution in [0.25, 0.3) is 0 Å². The molecule has 0 bridgehead atoms. The van der Waals surface area contributed by atoms with Gasteiger partial charge in [-0.3, -0.25) is 4.79 Å². The molecule has 1 amide bonds.